The third-order valence-corrected chi connectivity index (χ3v) is 4.52. The highest BCUT2D eigenvalue weighted by Crippen LogP contribution is 2.21. The summed E-state index contributed by atoms with van der Waals surface area (Å²) >= 11 is 1.65. The summed E-state index contributed by atoms with van der Waals surface area (Å²) in [5.41, 5.74) is 0. The molecule has 20 heavy (non-hydrogen) atoms. The van der Waals surface area contributed by atoms with E-state index in [-0.39, 0.29) is 17.6 Å². The van der Waals surface area contributed by atoms with E-state index in [2.05, 4.69) is 6.92 Å². The summed E-state index contributed by atoms with van der Waals surface area (Å²) in [5.74, 6) is 0.768. The highest BCUT2D eigenvalue weighted by Gasteiger charge is 2.18. The van der Waals surface area contributed by atoms with Gasteiger partial charge in [0.25, 0.3) is 0 Å². The molecule has 0 bridgehead atoms. The number of methoxy groups -OCH3 is 1. The van der Waals surface area contributed by atoms with Crippen molar-refractivity contribution in [1.82, 2.24) is 0 Å². The molecule has 0 spiro atoms. The van der Waals surface area contributed by atoms with Gasteiger partial charge in [0.2, 0.25) is 6.43 Å². The first kappa shape index (κ1) is 19.7. The van der Waals surface area contributed by atoms with Crippen molar-refractivity contribution in [1.29, 1.82) is 0 Å². The van der Waals surface area contributed by atoms with E-state index in [0.29, 0.717) is 6.42 Å². The predicted octanol–water partition coefficient (Wildman–Crippen LogP) is 5.06. The third kappa shape index (κ3) is 11.5. The van der Waals surface area contributed by atoms with Crippen molar-refractivity contribution in [2.24, 2.45) is 0 Å². The highest BCUT2D eigenvalue weighted by atomic mass is 32.2. The van der Waals surface area contributed by atoms with Crippen LogP contribution in [0.3, 0.4) is 0 Å². The van der Waals surface area contributed by atoms with Crippen LogP contribution in [0.1, 0.15) is 64.7 Å². The Kier molecular flexibility index (Phi) is 13.4. The van der Waals surface area contributed by atoms with Crippen molar-refractivity contribution in [2.75, 3.05) is 12.9 Å². The Balaban J connectivity index is 3.65. The molecule has 0 saturated heterocycles. The summed E-state index contributed by atoms with van der Waals surface area (Å²) in [6.07, 6.45) is 5.43. The molecule has 0 amide bonds. The molecule has 0 heterocycles. The topological polar surface area (TPSA) is 26.3 Å². The van der Waals surface area contributed by atoms with E-state index in [0.717, 1.165) is 50.7 Å². The van der Waals surface area contributed by atoms with Crippen LogP contribution in [0.2, 0.25) is 0 Å². The lowest BCUT2D eigenvalue weighted by Crippen LogP contribution is -2.19. The molecule has 1 unspecified atom stereocenters. The molecule has 0 aromatic carbocycles. The van der Waals surface area contributed by atoms with E-state index in [4.69, 9.17) is 4.74 Å². The van der Waals surface area contributed by atoms with Gasteiger partial charge >= 0.3 is 5.97 Å². The first-order valence-corrected chi connectivity index (χ1v) is 8.64. The van der Waals surface area contributed by atoms with E-state index >= 15 is 0 Å². The number of carbonyl (C=O) groups excluding carboxylic acids is 1. The molecule has 0 aromatic heterocycles. The van der Waals surface area contributed by atoms with Crippen LogP contribution in [0.25, 0.3) is 0 Å². The maximum Gasteiger partial charge on any atom is 0.318 e. The summed E-state index contributed by atoms with van der Waals surface area (Å²) in [7, 11) is 1.43. The van der Waals surface area contributed by atoms with Gasteiger partial charge in [-0.2, -0.15) is 0 Å². The van der Waals surface area contributed by atoms with Gasteiger partial charge < -0.3 is 4.74 Å². The molecule has 1 atom stereocenters. The average molecular weight is 310 g/mol. The molecule has 0 radical (unpaired) electrons. The molecule has 0 aliphatic heterocycles. The van der Waals surface area contributed by atoms with Crippen molar-refractivity contribution in [2.45, 2.75) is 76.4 Å². The first-order chi connectivity index (χ1) is 9.61. The predicted molar refractivity (Wildman–Crippen MR) is 81.5 cm³/mol. The summed E-state index contributed by atoms with van der Waals surface area (Å²) in [6, 6.07) is 0. The number of halogens is 2. The van der Waals surface area contributed by atoms with E-state index < -0.39 is 6.43 Å². The van der Waals surface area contributed by atoms with Gasteiger partial charge in [-0.15, -0.1) is 11.8 Å². The number of thioether (sulfide) groups is 1. The highest BCUT2D eigenvalue weighted by molar-refractivity contribution is 8.00. The average Bonchev–Trinajstić information content (AvgIpc) is 2.43. The van der Waals surface area contributed by atoms with Crippen molar-refractivity contribution in [3.05, 3.63) is 0 Å². The zero-order valence-corrected chi connectivity index (χ0v) is 13.5. The van der Waals surface area contributed by atoms with Gasteiger partial charge in [-0.1, -0.05) is 39.0 Å². The van der Waals surface area contributed by atoms with Gasteiger partial charge in [0, 0.05) is 6.42 Å². The van der Waals surface area contributed by atoms with Crippen molar-refractivity contribution < 1.29 is 18.3 Å². The third-order valence-electron chi connectivity index (χ3n) is 3.17. The minimum absolute atomic E-state index is 0.00888. The molecule has 5 heteroatoms. The van der Waals surface area contributed by atoms with Crippen LogP contribution in [0, 0.1) is 0 Å². The molecule has 0 aliphatic carbocycles. The van der Waals surface area contributed by atoms with Gasteiger partial charge in [-0.3, -0.25) is 4.79 Å². The van der Waals surface area contributed by atoms with Gasteiger partial charge in [0.05, 0.1) is 7.11 Å². The minimum atomic E-state index is -2.17. The van der Waals surface area contributed by atoms with Gasteiger partial charge in [-0.25, -0.2) is 8.78 Å². The summed E-state index contributed by atoms with van der Waals surface area (Å²) in [4.78, 5) is 11.6. The van der Waals surface area contributed by atoms with Gasteiger partial charge in [0.1, 0.15) is 5.25 Å². The second-order valence-corrected chi connectivity index (χ2v) is 6.28. The van der Waals surface area contributed by atoms with Crippen LogP contribution in [0.4, 0.5) is 8.78 Å². The molecular weight excluding hydrogens is 282 g/mol. The van der Waals surface area contributed by atoms with Crippen LogP contribution < -0.4 is 0 Å². The maximum atomic E-state index is 11.9. The Morgan fingerprint density at radius 2 is 1.70 bits per heavy atom. The number of carbonyl (C=O) groups is 1. The van der Waals surface area contributed by atoms with Crippen LogP contribution in [0.15, 0.2) is 0 Å². The summed E-state index contributed by atoms with van der Waals surface area (Å²) < 4.78 is 28.7. The monoisotopic (exact) mass is 310 g/mol. The van der Waals surface area contributed by atoms with E-state index in [1.165, 1.54) is 7.11 Å². The summed E-state index contributed by atoms with van der Waals surface area (Å²) in [5, 5.41) is -0.0624. The van der Waals surface area contributed by atoms with Crippen LogP contribution >= 0.6 is 11.8 Å². The number of hydrogen-bond donors (Lipinski definition) is 0. The normalized spacial score (nSPS) is 12.7. The number of alkyl halides is 2. The van der Waals surface area contributed by atoms with Crippen molar-refractivity contribution >= 4 is 17.7 Å². The Morgan fingerprint density at radius 1 is 1.05 bits per heavy atom. The number of unbranched alkanes of at least 4 members (excludes halogenated alkanes) is 5. The number of esters is 1. The molecule has 2 nitrogen and oxygen atoms in total. The Labute approximate surface area is 126 Å². The molecule has 0 aliphatic rings. The smallest absolute Gasteiger partial charge is 0.318 e. The second kappa shape index (κ2) is 13.7. The number of ether oxygens (including phenoxy) is 1. The molecule has 120 valence electrons. The standard InChI is InChI=1S/C15H28F2O2S/c1-3-4-7-10-13(15(18)19-2)20-12-9-6-5-8-11-14(16)17/h13-14H,3-12H2,1-2H3. The SMILES string of the molecule is CCCCCC(SCCCCCCC(F)F)C(=O)OC. The van der Waals surface area contributed by atoms with Crippen molar-refractivity contribution in [3.63, 3.8) is 0 Å². The lowest BCUT2D eigenvalue weighted by Gasteiger charge is -2.13. The molecule has 0 saturated carbocycles. The second-order valence-electron chi connectivity index (χ2n) is 4.97. The van der Waals surface area contributed by atoms with Crippen molar-refractivity contribution in [3.8, 4) is 0 Å². The number of hydrogen-bond acceptors (Lipinski definition) is 3. The molecular formula is C15H28F2O2S. The van der Waals surface area contributed by atoms with Crippen LogP contribution in [-0.4, -0.2) is 30.5 Å². The number of rotatable bonds is 13. The largest absolute Gasteiger partial charge is 0.468 e. The quantitative estimate of drug-likeness (QED) is 0.351. The fourth-order valence-electron chi connectivity index (χ4n) is 1.96. The van der Waals surface area contributed by atoms with Crippen LogP contribution in [0.5, 0.6) is 0 Å². The Morgan fingerprint density at radius 3 is 2.30 bits per heavy atom. The van der Waals surface area contributed by atoms with E-state index in [1.807, 2.05) is 0 Å². The van der Waals surface area contributed by atoms with Gasteiger partial charge in [-0.05, 0) is 25.0 Å². The zero-order valence-electron chi connectivity index (χ0n) is 12.7. The Hall–Kier alpha value is -0.320. The van der Waals surface area contributed by atoms with Gasteiger partial charge in [0.15, 0.2) is 0 Å². The fraction of sp³-hybridized carbons (Fsp3) is 0.933. The van der Waals surface area contributed by atoms with E-state index in [9.17, 15) is 13.6 Å². The zero-order chi connectivity index (χ0) is 15.2. The molecule has 0 N–H and O–H groups in total. The minimum Gasteiger partial charge on any atom is -0.468 e. The van der Waals surface area contributed by atoms with Crippen LogP contribution in [-0.2, 0) is 9.53 Å². The Bertz CT molecular complexity index is 238. The lowest BCUT2D eigenvalue weighted by molar-refractivity contribution is -0.140. The first-order valence-electron chi connectivity index (χ1n) is 7.59. The molecule has 0 rings (SSSR count). The van der Waals surface area contributed by atoms with E-state index in [1.54, 1.807) is 11.8 Å². The fourth-order valence-corrected chi connectivity index (χ4v) is 3.18. The summed E-state index contributed by atoms with van der Waals surface area (Å²) in [6.45, 7) is 2.14. The lowest BCUT2D eigenvalue weighted by atomic mass is 10.1. The molecule has 0 aromatic rings. The maximum absolute atomic E-state index is 11.9. The molecule has 0 fully saturated rings.